The lowest BCUT2D eigenvalue weighted by atomic mass is 9.77. The SMILES string of the molecule is O=C(O)[C@H]1[C@H]2C=C[C@]3(CN(c4cccc([N+](=O)[O-])c4)C(=O)[C@@H]13)O2. The summed E-state index contributed by atoms with van der Waals surface area (Å²) in [6.45, 7) is 0.161. The first kappa shape index (κ1) is 13.9. The quantitative estimate of drug-likeness (QED) is 0.505. The Morgan fingerprint density at radius 2 is 2.26 bits per heavy atom. The number of carboxylic acid groups (broad SMARTS) is 1. The minimum absolute atomic E-state index is 0.125. The number of rotatable bonds is 3. The Morgan fingerprint density at radius 1 is 1.48 bits per heavy atom. The number of carboxylic acids is 1. The van der Waals surface area contributed by atoms with Crippen LogP contribution in [-0.2, 0) is 14.3 Å². The van der Waals surface area contributed by atoms with Gasteiger partial charge in [0.25, 0.3) is 5.69 Å². The van der Waals surface area contributed by atoms with Crippen molar-refractivity contribution in [1.29, 1.82) is 0 Å². The number of hydrogen-bond donors (Lipinski definition) is 1. The first-order chi connectivity index (χ1) is 10.9. The number of amides is 1. The van der Waals surface area contributed by atoms with Crippen molar-refractivity contribution in [3.63, 3.8) is 0 Å². The minimum Gasteiger partial charge on any atom is -0.481 e. The molecule has 3 aliphatic rings. The summed E-state index contributed by atoms with van der Waals surface area (Å²) in [6.07, 6.45) is 2.84. The molecular weight excluding hydrogens is 304 g/mol. The van der Waals surface area contributed by atoms with Gasteiger partial charge in [-0.25, -0.2) is 0 Å². The zero-order valence-corrected chi connectivity index (χ0v) is 11.8. The van der Waals surface area contributed by atoms with Crippen molar-refractivity contribution in [3.05, 3.63) is 46.5 Å². The molecule has 1 spiro atoms. The van der Waals surface area contributed by atoms with E-state index in [-0.39, 0.29) is 18.1 Å². The topological polar surface area (TPSA) is 110 Å². The molecule has 118 valence electrons. The summed E-state index contributed by atoms with van der Waals surface area (Å²) in [5, 5.41) is 20.3. The zero-order chi connectivity index (χ0) is 16.4. The van der Waals surface area contributed by atoms with E-state index in [1.807, 2.05) is 0 Å². The third-order valence-corrected chi connectivity index (χ3v) is 4.74. The van der Waals surface area contributed by atoms with Crippen molar-refractivity contribution in [2.24, 2.45) is 11.8 Å². The number of nitro benzene ring substituents is 1. The lowest BCUT2D eigenvalue weighted by molar-refractivity contribution is -0.384. The normalized spacial score (nSPS) is 34.0. The molecular formula is C15H12N2O6. The maximum atomic E-state index is 12.7. The summed E-state index contributed by atoms with van der Waals surface area (Å²) in [6, 6.07) is 5.73. The molecule has 4 rings (SSSR count). The molecule has 1 amide bonds. The van der Waals surface area contributed by atoms with Crippen LogP contribution in [0.2, 0.25) is 0 Å². The Labute approximate surface area is 130 Å². The van der Waals surface area contributed by atoms with E-state index in [0.717, 1.165) is 0 Å². The summed E-state index contributed by atoms with van der Waals surface area (Å²) in [5.74, 6) is -3.16. The van der Waals surface area contributed by atoms with Crippen molar-refractivity contribution in [3.8, 4) is 0 Å². The number of ether oxygens (including phenoxy) is 1. The van der Waals surface area contributed by atoms with Crippen LogP contribution in [0.1, 0.15) is 0 Å². The monoisotopic (exact) mass is 316 g/mol. The fourth-order valence-corrected chi connectivity index (χ4v) is 3.77. The molecule has 3 aliphatic heterocycles. The number of benzene rings is 1. The van der Waals surface area contributed by atoms with E-state index < -0.39 is 34.4 Å². The number of nitrogens with zero attached hydrogens (tertiary/aromatic N) is 2. The number of carbonyl (C=O) groups excluding carboxylic acids is 1. The highest BCUT2D eigenvalue weighted by molar-refractivity contribution is 6.02. The fourth-order valence-electron chi connectivity index (χ4n) is 3.77. The van der Waals surface area contributed by atoms with E-state index in [0.29, 0.717) is 5.69 Å². The Kier molecular flexibility index (Phi) is 2.65. The van der Waals surface area contributed by atoms with Gasteiger partial charge in [-0.05, 0) is 6.07 Å². The standard InChI is InChI=1S/C15H12N2O6/c18-13-12-11(14(19)20)10-4-5-15(12,23-10)7-16(13)8-2-1-3-9(6-8)17(21)22/h1-6,10-12H,7H2,(H,19,20)/t10-,11+,12-,15-/m1/s1. The second-order valence-electron chi connectivity index (χ2n) is 5.94. The van der Waals surface area contributed by atoms with Gasteiger partial charge in [0, 0.05) is 12.1 Å². The molecule has 1 N–H and O–H groups in total. The second kappa shape index (κ2) is 4.39. The minimum atomic E-state index is -1.07. The van der Waals surface area contributed by atoms with Crippen LogP contribution >= 0.6 is 0 Å². The zero-order valence-electron chi connectivity index (χ0n) is 11.8. The third-order valence-electron chi connectivity index (χ3n) is 4.74. The molecule has 0 unspecified atom stereocenters. The Morgan fingerprint density at radius 3 is 2.96 bits per heavy atom. The highest BCUT2D eigenvalue weighted by Gasteiger charge is 2.67. The van der Waals surface area contributed by atoms with E-state index in [9.17, 15) is 24.8 Å². The molecule has 2 saturated heterocycles. The predicted octanol–water partition coefficient (Wildman–Crippen LogP) is 0.966. The molecule has 8 nitrogen and oxygen atoms in total. The van der Waals surface area contributed by atoms with Gasteiger partial charge in [-0.15, -0.1) is 0 Å². The van der Waals surface area contributed by atoms with E-state index in [1.165, 1.54) is 23.1 Å². The van der Waals surface area contributed by atoms with Crippen molar-refractivity contribution in [1.82, 2.24) is 0 Å². The van der Waals surface area contributed by atoms with Gasteiger partial charge in [0.2, 0.25) is 5.91 Å². The maximum Gasteiger partial charge on any atom is 0.310 e. The lowest BCUT2D eigenvalue weighted by Crippen LogP contribution is -2.39. The molecule has 8 heteroatoms. The maximum absolute atomic E-state index is 12.7. The number of anilines is 1. The van der Waals surface area contributed by atoms with E-state index in [1.54, 1.807) is 18.2 Å². The van der Waals surface area contributed by atoms with Crippen molar-refractivity contribution in [2.45, 2.75) is 11.7 Å². The smallest absolute Gasteiger partial charge is 0.310 e. The first-order valence-electron chi connectivity index (χ1n) is 7.09. The molecule has 0 saturated carbocycles. The van der Waals surface area contributed by atoms with Crippen LogP contribution in [0.4, 0.5) is 11.4 Å². The molecule has 4 atom stereocenters. The van der Waals surface area contributed by atoms with Gasteiger partial charge >= 0.3 is 5.97 Å². The molecule has 23 heavy (non-hydrogen) atoms. The van der Waals surface area contributed by atoms with Crippen molar-refractivity contribution < 1.29 is 24.4 Å². The lowest BCUT2D eigenvalue weighted by Gasteiger charge is -2.21. The van der Waals surface area contributed by atoms with Gasteiger partial charge in [-0.3, -0.25) is 19.7 Å². The largest absolute Gasteiger partial charge is 0.481 e. The van der Waals surface area contributed by atoms with Crippen LogP contribution in [0.5, 0.6) is 0 Å². The van der Waals surface area contributed by atoms with Gasteiger partial charge in [0.1, 0.15) is 11.5 Å². The average Bonchev–Trinajstić information content (AvgIpc) is 3.15. The van der Waals surface area contributed by atoms with E-state index in [2.05, 4.69) is 0 Å². The van der Waals surface area contributed by atoms with Crippen LogP contribution in [-0.4, -0.2) is 40.2 Å². The van der Waals surface area contributed by atoms with Crippen LogP contribution in [0.3, 0.4) is 0 Å². The number of carbonyl (C=O) groups is 2. The Balaban J connectivity index is 1.73. The summed E-state index contributed by atoms with van der Waals surface area (Å²) < 4.78 is 5.77. The van der Waals surface area contributed by atoms with Gasteiger partial charge in [0.15, 0.2) is 0 Å². The number of aliphatic carboxylic acids is 1. The molecule has 2 fully saturated rings. The summed E-state index contributed by atoms with van der Waals surface area (Å²) in [4.78, 5) is 36.0. The Bertz CT molecular complexity index is 775. The molecule has 3 heterocycles. The van der Waals surface area contributed by atoms with E-state index in [4.69, 9.17) is 4.74 Å². The van der Waals surface area contributed by atoms with Gasteiger partial charge in [-0.1, -0.05) is 18.2 Å². The Hall–Kier alpha value is -2.74. The highest BCUT2D eigenvalue weighted by atomic mass is 16.6. The summed E-state index contributed by atoms with van der Waals surface area (Å²) in [5.41, 5.74) is -0.701. The van der Waals surface area contributed by atoms with E-state index >= 15 is 0 Å². The molecule has 0 radical (unpaired) electrons. The number of non-ortho nitro benzene ring substituents is 1. The average molecular weight is 316 g/mol. The fraction of sp³-hybridized carbons (Fsp3) is 0.333. The summed E-state index contributed by atoms with van der Waals surface area (Å²) >= 11 is 0. The molecule has 0 aromatic heterocycles. The second-order valence-corrected chi connectivity index (χ2v) is 5.94. The molecule has 0 aliphatic carbocycles. The molecule has 2 bridgehead atoms. The van der Waals surface area contributed by atoms with Crippen molar-refractivity contribution in [2.75, 3.05) is 11.4 Å². The number of nitro groups is 1. The predicted molar refractivity (Wildman–Crippen MR) is 76.8 cm³/mol. The first-order valence-corrected chi connectivity index (χ1v) is 7.09. The number of fused-ring (bicyclic) bond motifs is 1. The van der Waals surface area contributed by atoms with Crippen LogP contribution in [0, 0.1) is 22.0 Å². The van der Waals surface area contributed by atoms with Crippen molar-refractivity contribution >= 4 is 23.3 Å². The molecule has 1 aromatic carbocycles. The molecule has 1 aromatic rings. The highest BCUT2D eigenvalue weighted by Crippen LogP contribution is 2.52. The number of hydrogen-bond acceptors (Lipinski definition) is 5. The van der Waals surface area contributed by atoms with Gasteiger partial charge in [-0.2, -0.15) is 0 Å². The summed E-state index contributed by atoms with van der Waals surface area (Å²) in [7, 11) is 0. The van der Waals surface area contributed by atoms with Gasteiger partial charge < -0.3 is 14.7 Å². The van der Waals surface area contributed by atoms with Gasteiger partial charge in [0.05, 0.1) is 29.2 Å². The van der Waals surface area contributed by atoms with Crippen LogP contribution < -0.4 is 4.90 Å². The van der Waals surface area contributed by atoms with Crippen LogP contribution in [0.15, 0.2) is 36.4 Å². The van der Waals surface area contributed by atoms with Crippen LogP contribution in [0.25, 0.3) is 0 Å². The third kappa shape index (κ3) is 1.75.